The maximum atomic E-state index is 13.0. The number of ether oxygens (including phenoxy) is 2. The molecular weight excluding hydrogens is 464 g/mol. The molecule has 8 nitrogen and oxygen atoms in total. The van der Waals surface area contributed by atoms with Gasteiger partial charge in [0.05, 0.1) is 15.9 Å². The van der Waals surface area contributed by atoms with Crippen LogP contribution in [0.5, 0.6) is 11.5 Å². The molecule has 2 aromatic carbocycles. The predicted molar refractivity (Wildman–Crippen MR) is 118 cm³/mol. The molecule has 0 unspecified atom stereocenters. The zero-order valence-electron chi connectivity index (χ0n) is 16.7. The molecule has 2 heterocycles. The summed E-state index contributed by atoms with van der Waals surface area (Å²) in [5.74, 6) is 0.409. The zero-order valence-corrected chi connectivity index (χ0v) is 18.3. The number of rotatable bonds is 4. The molecule has 4 rings (SSSR count). The maximum Gasteiger partial charge on any atom is 0.295 e. The van der Waals surface area contributed by atoms with Crippen molar-refractivity contribution in [3.63, 3.8) is 0 Å². The fraction of sp³-hybridized carbons (Fsp3) is 0.136. The van der Waals surface area contributed by atoms with Crippen LogP contribution in [0.2, 0.25) is 0 Å². The molecule has 0 saturated heterocycles. The third-order valence-electron chi connectivity index (χ3n) is 4.92. The highest BCUT2D eigenvalue weighted by molar-refractivity contribution is 9.10. The van der Waals surface area contributed by atoms with Gasteiger partial charge >= 0.3 is 0 Å². The van der Waals surface area contributed by atoms with Crippen molar-refractivity contribution in [1.29, 1.82) is 5.26 Å². The molecule has 0 spiro atoms. The summed E-state index contributed by atoms with van der Waals surface area (Å²) < 4.78 is 14.5. The molecule has 31 heavy (non-hydrogen) atoms. The van der Waals surface area contributed by atoms with Crippen LogP contribution in [0.1, 0.15) is 11.3 Å². The number of carbonyl (C=O) groups is 1. The SMILES string of the molecule is Cc1c(NC(=O)/C(C#N)=C/c2cc(Br)c3c(c2)OCO3)c(=O)n(-c2ccccc2)n1C. The van der Waals surface area contributed by atoms with Gasteiger partial charge in [0, 0.05) is 7.05 Å². The third-order valence-corrected chi connectivity index (χ3v) is 5.51. The van der Waals surface area contributed by atoms with Crippen molar-refractivity contribution >= 4 is 33.6 Å². The van der Waals surface area contributed by atoms with Crippen molar-refractivity contribution in [2.45, 2.75) is 6.92 Å². The molecule has 0 aliphatic carbocycles. The van der Waals surface area contributed by atoms with Gasteiger partial charge in [-0.05, 0) is 58.8 Å². The Morgan fingerprint density at radius 3 is 2.71 bits per heavy atom. The highest BCUT2D eigenvalue weighted by atomic mass is 79.9. The Balaban J connectivity index is 1.67. The van der Waals surface area contributed by atoms with Gasteiger partial charge in [0.2, 0.25) is 6.79 Å². The van der Waals surface area contributed by atoms with E-state index < -0.39 is 5.91 Å². The first-order valence-electron chi connectivity index (χ1n) is 9.27. The number of halogens is 1. The normalized spacial score (nSPS) is 12.5. The van der Waals surface area contributed by atoms with Crippen LogP contribution in [0.4, 0.5) is 5.69 Å². The van der Waals surface area contributed by atoms with E-state index in [-0.39, 0.29) is 23.6 Å². The average molecular weight is 481 g/mol. The molecule has 1 N–H and O–H groups in total. The number of aromatic nitrogens is 2. The number of benzene rings is 2. The number of para-hydroxylation sites is 1. The van der Waals surface area contributed by atoms with Gasteiger partial charge in [-0.1, -0.05) is 18.2 Å². The predicted octanol–water partition coefficient (Wildman–Crippen LogP) is 3.52. The summed E-state index contributed by atoms with van der Waals surface area (Å²) in [6, 6.07) is 14.4. The second kappa shape index (κ2) is 8.16. The van der Waals surface area contributed by atoms with Gasteiger partial charge < -0.3 is 14.8 Å². The van der Waals surface area contributed by atoms with E-state index in [1.807, 2.05) is 24.3 Å². The van der Waals surface area contributed by atoms with Gasteiger partial charge in [0.1, 0.15) is 17.3 Å². The fourth-order valence-corrected chi connectivity index (χ4v) is 3.85. The van der Waals surface area contributed by atoms with Crippen molar-refractivity contribution in [3.05, 3.63) is 74.1 Å². The zero-order chi connectivity index (χ0) is 22.1. The minimum absolute atomic E-state index is 0.105. The van der Waals surface area contributed by atoms with Crippen LogP contribution in [0.25, 0.3) is 11.8 Å². The van der Waals surface area contributed by atoms with Crippen LogP contribution in [0.15, 0.2) is 57.3 Å². The Bertz CT molecular complexity index is 1320. The first kappa shape index (κ1) is 20.5. The van der Waals surface area contributed by atoms with E-state index in [0.717, 1.165) is 0 Å². The summed E-state index contributed by atoms with van der Waals surface area (Å²) in [6.07, 6.45) is 1.43. The van der Waals surface area contributed by atoms with Gasteiger partial charge in [0.15, 0.2) is 11.5 Å². The smallest absolute Gasteiger partial charge is 0.295 e. The number of carbonyl (C=O) groups excluding carboxylic acids is 1. The van der Waals surface area contributed by atoms with Gasteiger partial charge in [-0.25, -0.2) is 4.68 Å². The molecule has 0 radical (unpaired) electrons. The molecule has 3 aromatic rings. The minimum Gasteiger partial charge on any atom is -0.454 e. The molecule has 1 aliphatic heterocycles. The molecule has 9 heteroatoms. The van der Waals surface area contributed by atoms with E-state index in [4.69, 9.17) is 9.47 Å². The number of nitriles is 1. The lowest BCUT2D eigenvalue weighted by molar-refractivity contribution is -0.112. The number of nitrogens with one attached hydrogen (secondary N) is 1. The maximum absolute atomic E-state index is 13.0. The molecule has 0 fully saturated rings. The molecule has 0 bridgehead atoms. The van der Waals surface area contributed by atoms with Crippen LogP contribution < -0.4 is 20.3 Å². The number of hydrogen-bond acceptors (Lipinski definition) is 5. The second-order valence-electron chi connectivity index (χ2n) is 6.80. The average Bonchev–Trinajstić information content (AvgIpc) is 3.32. The summed E-state index contributed by atoms with van der Waals surface area (Å²) in [4.78, 5) is 25.8. The third kappa shape index (κ3) is 3.73. The van der Waals surface area contributed by atoms with Crippen molar-refractivity contribution in [2.24, 2.45) is 7.05 Å². The molecule has 156 valence electrons. The summed E-state index contributed by atoms with van der Waals surface area (Å²) in [5.41, 5.74) is 1.38. The minimum atomic E-state index is -0.678. The lowest BCUT2D eigenvalue weighted by Gasteiger charge is -2.07. The Labute approximate surface area is 186 Å². The highest BCUT2D eigenvalue weighted by Gasteiger charge is 2.21. The van der Waals surface area contributed by atoms with E-state index in [0.29, 0.717) is 32.9 Å². The fourth-order valence-electron chi connectivity index (χ4n) is 3.28. The standard InChI is InChI=1S/C22H17BrN4O4/c1-13-19(22(29)27(26(13)2)16-6-4-3-5-7-16)25-21(28)15(11-24)8-14-9-17(23)20-18(10-14)30-12-31-20/h3-10H,12H2,1-2H3,(H,25,28)/b15-8+. The van der Waals surface area contributed by atoms with Gasteiger partial charge in [-0.2, -0.15) is 5.26 Å². The number of anilines is 1. The molecule has 1 aliphatic rings. The molecule has 1 aromatic heterocycles. The number of nitrogens with zero attached hydrogens (tertiary/aromatic N) is 3. The first-order valence-corrected chi connectivity index (χ1v) is 10.1. The van der Waals surface area contributed by atoms with Crippen LogP contribution in [0.3, 0.4) is 0 Å². The second-order valence-corrected chi connectivity index (χ2v) is 7.65. The van der Waals surface area contributed by atoms with Crippen LogP contribution in [0, 0.1) is 18.3 Å². The van der Waals surface area contributed by atoms with E-state index in [1.165, 1.54) is 10.8 Å². The van der Waals surface area contributed by atoms with Crippen molar-refractivity contribution in [2.75, 3.05) is 12.1 Å². The Hall–Kier alpha value is -3.77. The van der Waals surface area contributed by atoms with Crippen molar-refractivity contribution in [3.8, 4) is 23.3 Å². The number of fused-ring (bicyclic) bond motifs is 1. The Kier molecular flexibility index (Phi) is 5.40. The van der Waals surface area contributed by atoms with Crippen LogP contribution in [-0.2, 0) is 11.8 Å². The van der Waals surface area contributed by atoms with Gasteiger partial charge in [0.25, 0.3) is 11.5 Å². The molecule has 0 atom stereocenters. The quantitative estimate of drug-likeness (QED) is 0.454. The molecule has 0 saturated carbocycles. The lowest BCUT2D eigenvalue weighted by Crippen LogP contribution is -2.23. The highest BCUT2D eigenvalue weighted by Crippen LogP contribution is 2.40. The Morgan fingerprint density at radius 2 is 2.00 bits per heavy atom. The topological polar surface area (TPSA) is 98.3 Å². The van der Waals surface area contributed by atoms with E-state index in [2.05, 4.69) is 21.2 Å². The van der Waals surface area contributed by atoms with Crippen LogP contribution >= 0.6 is 15.9 Å². The van der Waals surface area contributed by atoms with E-state index >= 15 is 0 Å². The summed E-state index contributed by atoms with van der Waals surface area (Å²) in [6.45, 7) is 1.83. The summed E-state index contributed by atoms with van der Waals surface area (Å²) in [5, 5.41) is 12.1. The Morgan fingerprint density at radius 1 is 1.26 bits per heavy atom. The van der Waals surface area contributed by atoms with Crippen molar-refractivity contribution < 1.29 is 14.3 Å². The molecular formula is C22H17BrN4O4. The summed E-state index contributed by atoms with van der Waals surface area (Å²) in [7, 11) is 1.73. The van der Waals surface area contributed by atoms with E-state index in [9.17, 15) is 14.9 Å². The number of hydrogen-bond donors (Lipinski definition) is 1. The lowest BCUT2D eigenvalue weighted by atomic mass is 10.1. The number of amides is 1. The largest absolute Gasteiger partial charge is 0.454 e. The monoisotopic (exact) mass is 480 g/mol. The van der Waals surface area contributed by atoms with Crippen molar-refractivity contribution in [1.82, 2.24) is 9.36 Å². The summed E-state index contributed by atoms with van der Waals surface area (Å²) >= 11 is 3.39. The van der Waals surface area contributed by atoms with Crippen LogP contribution in [-0.4, -0.2) is 22.1 Å². The first-order chi connectivity index (χ1) is 14.9. The van der Waals surface area contributed by atoms with Gasteiger partial charge in [-0.3, -0.25) is 14.3 Å². The van der Waals surface area contributed by atoms with E-state index in [1.54, 1.807) is 42.9 Å². The van der Waals surface area contributed by atoms with Gasteiger partial charge in [-0.15, -0.1) is 0 Å². The molecule has 1 amide bonds.